The van der Waals surface area contributed by atoms with Crippen LogP contribution in [0.4, 0.5) is 4.79 Å². The lowest BCUT2D eigenvalue weighted by atomic mass is 10.3. The first-order valence-corrected chi connectivity index (χ1v) is 8.24. The summed E-state index contributed by atoms with van der Waals surface area (Å²) in [7, 11) is 0. The number of hydrogen-bond acceptors (Lipinski definition) is 4. The van der Waals surface area contributed by atoms with Gasteiger partial charge in [-0.1, -0.05) is 42.1 Å². The molecule has 0 fully saturated rings. The molecule has 0 unspecified atom stereocenters. The third kappa shape index (κ3) is 3.26. The Kier molecular flexibility index (Phi) is 4.52. The minimum atomic E-state index is -0.857. The van der Waals surface area contributed by atoms with E-state index in [1.54, 1.807) is 6.92 Å². The monoisotopic (exact) mass is 340 g/mol. The third-order valence-corrected chi connectivity index (χ3v) is 4.49. The molecule has 122 valence electrons. The number of rotatable bonds is 4. The highest BCUT2D eigenvalue weighted by Crippen LogP contribution is 2.30. The number of hydrogen-bond donors (Lipinski definition) is 2. The standard InChI is InChI=1S/C17H16N4O2S/c1-11(15(22)20-16(18)23)24-17-19-13-9-5-6-10-14(13)21(17)12-7-3-2-4-8-12/h2-11H,1H3,(H3,18,20,22,23)/t11-/m0/s1. The minimum Gasteiger partial charge on any atom is -0.351 e. The average molecular weight is 340 g/mol. The zero-order chi connectivity index (χ0) is 17.1. The Bertz CT molecular complexity index is 892. The SMILES string of the molecule is C[C@H](Sc1nc2ccccc2n1-c1ccccc1)C(=O)NC(N)=O. The van der Waals surface area contributed by atoms with Crippen LogP contribution >= 0.6 is 11.8 Å². The van der Waals surface area contributed by atoms with Crippen molar-refractivity contribution in [2.45, 2.75) is 17.3 Å². The van der Waals surface area contributed by atoms with Gasteiger partial charge in [0.15, 0.2) is 5.16 Å². The van der Waals surface area contributed by atoms with Crippen molar-refractivity contribution < 1.29 is 9.59 Å². The number of urea groups is 1. The summed E-state index contributed by atoms with van der Waals surface area (Å²) in [5.41, 5.74) is 7.75. The van der Waals surface area contributed by atoms with E-state index in [4.69, 9.17) is 5.73 Å². The first kappa shape index (κ1) is 16.1. The fraction of sp³-hybridized carbons (Fsp3) is 0.118. The maximum Gasteiger partial charge on any atom is 0.318 e. The Labute approximate surface area is 143 Å². The molecule has 6 nitrogen and oxygen atoms in total. The van der Waals surface area contributed by atoms with E-state index in [2.05, 4.69) is 10.3 Å². The van der Waals surface area contributed by atoms with E-state index in [0.29, 0.717) is 5.16 Å². The number of fused-ring (bicyclic) bond motifs is 1. The molecule has 1 aromatic heterocycles. The lowest BCUT2D eigenvalue weighted by Gasteiger charge is -2.12. The predicted molar refractivity (Wildman–Crippen MR) is 94.1 cm³/mol. The molecule has 3 N–H and O–H groups in total. The molecular weight excluding hydrogens is 324 g/mol. The first-order valence-electron chi connectivity index (χ1n) is 7.36. The van der Waals surface area contributed by atoms with Gasteiger partial charge >= 0.3 is 6.03 Å². The summed E-state index contributed by atoms with van der Waals surface area (Å²) >= 11 is 1.27. The van der Waals surface area contributed by atoms with Gasteiger partial charge in [0, 0.05) is 5.69 Å². The average Bonchev–Trinajstić information content (AvgIpc) is 2.92. The molecule has 3 aromatic rings. The molecule has 1 heterocycles. The number of nitrogens with zero attached hydrogens (tertiary/aromatic N) is 2. The van der Waals surface area contributed by atoms with Gasteiger partial charge in [0.05, 0.1) is 16.3 Å². The second-order valence-electron chi connectivity index (χ2n) is 5.17. The van der Waals surface area contributed by atoms with Gasteiger partial charge in [-0.15, -0.1) is 0 Å². The predicted octanol–water partition coefficient (Wildman–Crippen LogP) is 2.70. The summed E-state index contributed by atoms with van der Waals surface area (Å²) in [6.07, 6.45) is 0. The second kappa shape index (κ2) is 6.76. The van der Waals surface area contributed by atoms with E-state index in [0.717, 1.165) is 16.7 Å². The largest absolute Gasteiger partial charge is 0.351 e. The van der Waals surface area contributed by atoms with Gasteiger partial charge in [-0.2, -0.15) is 0 Å². The molecule has 7 heteroatoms. The Hall–Kier alpha value is -2.80. The number of nitrogens with one attached hydrogen (secondary N) is 1. The van der Waals surface area contributed by atoms with Crippen LogP contribution in [0.3, 0.4) is 0 Å². The molecule has 0 aliphatic heterocycles. The number of carbonyl (C=O) groups is 2. The number of thioether (sulfide) groups is 1. The van der Waals surface area contributed by atoms with Gasteiger partial charge in [-0.3, -0.25) is 14.7 Å². The lowest BCUT2D eigenvalue weighted by molar-refractivity contribution is -0.119. The van der Waals surface area contributed by atoms with E-state index < -0.39 is 17.2 Å². The molecule has 24 heavy (non-hydrogen) atoms. The van der Waals surface area contributed by atoms with Crippen LogP contribution in [0.15, 0.2) is 59.8 Å². The van der Waals surface area contributed by atoms with Gasteiger partial charge < -0.3 is 5.73 Å². The van der Waals surface area contributed by atoms with Crippen LogP contribution in [0.5, 0.6) is 0 Å². The molecule has 0 saturated carbocycles. The van der Waals surface area contributed by atoms with Crippen molar-refractivity contribution in [1.29, 1.82) is 0 Å². The Morgan fingerprint density at radius 2 is 1.79 bits per heavy atom. The van der Waals surface area contributed by atoms with Crippen molar-refractivity contribution >= 4 is 34.7 Å². The van der Waals surface area contributed by atoms with Crippen molar-refractivity contribution in [3.8, 4) is 5.69 Å². The van der Waals surface area contributed by atoms with Gasteiger partial charge in [-0.05, 0) is 31.2 Å². The number of carbonyl (C=O) groups excluding carboxylic acids is 2. The van der Waals surface area contributed by atoms with E-state index >= 15 is 0 Å². The summed E-state index contributed by atoms with van der Waals surface area (Å²) in [6.45, 7) is 1.71. The number of benzene rings is 2. The highest BCUT2D eigenvalue weighted by Gasteiger charge is 2.20. The number of imidazole rings is 1. The van der Waals surface area contributed by atoms with Crippen molar-refractivity contribution in [3.05, 3.63) is 54.6 Å². The Balaban J connectivity index is 2.01. The summed E-state index contributed by atoms with van der Waals surface area (Å²) in [5.74, 6) is -0.445. The van der Waals surface area contributed by atoms with E-state index in [-0.39, 0.29) is 0 Å². The molecule has 3 amide bonds. The van der Waals surface area contributed by atoms with E-state index in [9.17, 15) is 9.59 Å². The molecular formula is C17H16N4O2S. The molecule has 0 aliphatic carbocycles. The number of amides is 3. The van der Waals surface area contributed by atoms with Crippen LogP contribution in [-0.4, -0.2) is 26.7 Å². The third-order valence-electron chi connectivity index (χ3n) is 3.44. The molecule has 0 aliphatic rings. The van der Waals surface area contributed by atoms with Crippen LogP contribution in [0.25, 0.3) is 16.7 Å². The first-order chi connectivity index (χ1) is 11.6. The highest BCUT2D eigenvalue weighted by atomic mass is 32.2. The minimum absolute atomic E-state index is 0.445. The summed E-state index contributed by atoms with van der Waals surface area (Å²) in [5, 5.41) is 2.26. The second-order valence-corrected chi connectivity index (χ2v) is 6.48. The number of para-hydroxylation sites is 3. The van der Waals surface area contributed by atoms with Crippen molar-refractivity contribution in [2.24, 2.45) is 5.73 Å². The molecule has 1 atom stereocenters. The Morgan fingerprint density at radius 1 is 1.12 bits per heavy atom. The maximum atomic E-state index is 12.0. The number of imide groups is 1. The van der Waals surface area contributed by atoms with Crippen molar-refractivity contribution in [3.63, 3.8) is 0 Å². The summed E-state index contributed by atoms with van der Waals surface area (Å²) in [4.78, 5) is 27.4. The Morgan fingerprint density at radius 3 is 2.50 bits per heavy atom. The van der Waals surface area contributed by atoms with Crippen molar-refractivity contribution in [2.75, 3.05) is 0 Å². The number of primary amides is 1. The van der Waals surface area contributed by atoms with Gasteiger partial charge in [0.25, 0.3) is 0 Å². The fourth-order valence-electron chi connectivity index (χ4n) is 2.34. The lowest BCUT2D eigenvalue weighted by Crippen LogP contribution is -2.39. The molecule has 0 radical (unpaired) electrons. The van der Waals surface area contributed by atoms with Crippen molar-refractivity contribution in [1.82, 2.24) is 14.9 Å². The van der Waals surface area contributed by atoms with Gasteiger partial charge in [0.2, 0.25) is 5.91 Å². The van der Waals surface area contributed by atoms with Gasteiger partial charge in [0.1, 0.15) is 0 Å². The fourth-order valence-corrected chi connectivity index (χ4v) is 3.29. The van der Waals surface area contributed by atoms with Crippen LogP contribution in [0.1, 0.15) is 6.92 Å². The van der Waals surface area contributed by atoms with Crippen LogP contribution in [-0.2, 0) is 4.79 Å². The molecule has 2 aromatic carbocycles. The summed E-state index contributed by atoms with van der Waals surface area (Å²) in [6, 6.07) is 16.7. The quantitative estimate of drug-likeness (QED) is 0.715. The normalized spacial score (nSPS) is 12.0. The molecule has 0 spiro atoms. The molecule has 0 bridgehead atoms. The van der Waals surface area contributed by atoms with Crippen LogP contribution in [0.2, 0.25) is 0 Å². The van der Waals surface area contributed by atoms with E-state index in [1.165, 1.54) is 11.8 Å². The van der Waals surface area contributed by atoms with E-state index in [1.807, 2.05) is 59.2 Å². The van der Waals surface area contributed by atoms with Crippen LogP contribution < -0.4 is 11.1 Å². The topological polar surface area (TPSA) is 90.0 Å². The van der Waals surface area contributed by atoms with Crippen LogP contribution in [0, 0.1) is 0 Å². The molecule has 0 saturated heterocycles. The molecule has 3 rings (SSSR count). The number of nitrogens with two attached hydrogens (primary N) is 1. The number of aromatic nitrogens is 2. The highest BCUT2D eigenvalue weighted by molar-refractivity contribution is 8.00. The zero-order valence-electron chi connectivity index (χ0n) is 13.0. The maximum absolute atomic E-state index is 12.0. The van der Waals surface area contributed by atoms with Gasteiger partial charge in [-0.25, -0.2) is 9.78 Å². The summed E-state index contributed by atoms with van der Waals surface area (Å²) < 4.78 is 1.99. The zero-order valence-corrected chi connectivity index (χ0v) is 13.8. The smallest absolute Gasteiger partial charge is 0.318 e.